The van der Waals surface area contributed by atoms with Gasteiger partial charge in [0.2, 0.25) is 0 Å². The monoisotopic (exact) mass is 355 g/mol. The topological polar surface area (TPSA) is 35.2 Å². The molecule has 88 valence electrons. The van der Waals surface area contributed by atoms with Crippen molar-refractivity contribution < 1.29 is 4.74 Å². The third-order valence-corrected chi connectivity index (χ3v) is 3.20. The van der Waals surface area contributed by atoms with Crippen molar-refractivity contribution in [2.24, 2.45) is 0 Å². The minimum atomic E-state index is 0.531. The summed E-state index contributed by atoms with van der Waals surface area (Å²) >= 11 is 6.78. The predicted octanol–water partition coefficient (Wildman–Crippen LogP) is 4.37. The Morgan fingerprint density at radius 3 is 2.29 bits per heavy atom. The molecule has 0 saturated heterocycles. The number of halogens is 2. The molecule has 4 heteroatoms. The minimum absolute atomic E-state index is 0.531. The van der Waals surface area contributed by atoms with Gasteiger partial charge < -0.3 is 10.5 Å². The zero-order chi connectivity index (χ0) is 12.3. The first-order valence-electron chi connectivity index (χ1n) is 5.07. The summed E-state index contributed by atoms with van der Waals surface area (Å²) in [4.78, 5) is 0. The van der Waals surface area contributed by atoms with Gasteiger partial charge in [-0.25, -0.2) is 0 Å². The molecule has 0 bridgehead atoms. The van der Waals surface area contributed by atoms with Crippen LogP contribution in [0.2, 0.25) is 0 Å². The average Bonchev–Trinajstić information content (AvgIpc) is 2.27. The number of benzene rings is 2. The first-order valence-corrected chi connectivity index (χ1v) is 6.65. The van der Waals surface area contributed by atoms with Gasteiger partial charge >= 0.3 is 0 Å². The van der Waals surface area contributed by atoms with E-state index < -0.39 is 0 Å². The number of hydrogen-bond donors (Lipinski definition) is 1. The fourth-order valence-corrected chi connectivity index (χ4v) is 2.17. The molecular weight excluding hydrogens is 346 g/mol. The highest BCUT2D eigenvalue weighted by atomic mass is 79.9. The van der Waals surface area contributed by atoms with Crippen molar-refractivity contribution in [3.05, 3.63) is 57.0 Å². The van der Waals surface area contributed by atoms with Crippen LogP contribution in [-0.4, -0.2) is 0 Å². The third kappa shape index (κ3) is 3.75. The summed E-state index contributed by atoms with van der Waals surface area (Å²) in [5, 5.41) is 0. The van der Waals surface area contributed by atoms with E-state index in [9.17, 15) is 0 Å². The van der Waals surface area contributed by atoms with Crippen molar-refractivity contribution in [3.63, 3.8) is 0 Å². The Morgan fingerprint density at radius 1 is 0.941 bits per heavy atom. The minimum Gasteiger partial charge on any atom is -0.489 e. The molecule has 0 radical (unpaired) electrons. The van der Waals surface area contributed by atoms with E-state index in [1.165, 1.54) is 0 Å². The van der Waals surface area contributed by atoms with Gasteiger partial charge in [-0.2, -0.15) is 0 Å². The molecule has 17 heavy (non-hydrogen) atoms. The van der Waals surface area contributed by atoms with Crippen molar-refractivity contribution in [2.45, 2.75) is 6.61 Å². The predicted molar refractivity (Wildman–Crippen MR) is 77.0 cm³/mol. The van der Waals surface area contributed by atoms with Gasteiger partial charge in [-0.05, 0) is 29.8 Å². The van der Waals surface area contributed by atoms with Crippen molar-refractivity contribution in [1.29, 1.82) is 0 Å². The molecule has 2 aromatic rings. The van der Waals surface area contributed by atoms with E-state index in [1.54, 1.807) is 0 Å². The van der Waals surface area contributed by atoms with Crippen molar-refractivity contribution in [3.8, 4) is 5.75 Å². The zero-order valence-corrected chi connectivity index (χ0v) is 12.2. The molecule has 0 saturated carbocycles. The SMILES string of the molecule is Nc1cc(Br)cc(OCc2ccc(Br)cc2)c1. The van der Waals surface area contributed by atoms with Crippen LogP contribution in [0.3, 0.4) is 0 Å². The summed E-state index contributed by atoms with van der Waals surface area (Å²) in [5.74, 6) is 0.764. The van der Waals surface area contributed by atoms with E-state index in [0.717, 1.165) is 20.3 Å². The molecule has 0 aliphatic heterocycles. The molecule has 2 N–H and O–H groups in total. The maximum absolute atomic E-state index is 5.73. The molecule has 2 rings (SSSR count). The lowest BCUT2D eigenvalue weighted by Crippen LogP contribution is -1.96. The van der Waals surface area contributed by atoms with E-state index in [-0.39, 0.29) is 0 Å². The van der Waals surface area contributed by atoms with Crippen LogP contribution in [0.15, 0.2) is 51.4 Å². The second-order valence-electron chi connectivity index (χ2n) is 3.64. The number of ether oxygens (including phenoxy) is 1. The van der Waals surface area contributed by atoms with Gasteiger partial charge in [-0.15, -0.1) is 0 Å². The van der Waals surface area contributed by atoms with Gasteiger partial charge in [-0.3, -0.25) is 0 Å². The number of rotatable bonds is 3. The fourth-order valence-electron chi connectivity index (χ4n) is 1.42. The largest absolute Gasteiger partial charge is 0.489 e. The highest BCUT2D eigenvalue weighted by molar-refractivity contribution is 9.10. The molecule has 0 heterocycles. The maximum atomic E-state index is 5.73. The molecule has 0 unspecified atom stereocenters. The first-order chi connectivity index (χ1) is 8.13. The Kier molecular flexibility index (Phi) is 4.07. The summed E-state index contributed by atoms with van der Waals surface area (Å²) in [6, 6.07) is 13.6. The number of nitrogens with two attached hydrogens (primary N) is 1. The number of nitrogen functional groups attached to an aromatic ring is 1. The van der Waals surface area contributed by atoms with Gasteiger partial charge in [-0.1, -0.05) is 44.0 Å². The molecule has 0 fully saturated rings. The molecule has 0 aromatic heterocycles. The Labute approximate surface area is 117 Å². The van der Waals surface area contributed by atoms with Crippen molar-refractivity contribution in [1.82, 2.24) is 0 Å². The van der Waals surface area contributed by atoms with Gasteiger partial charge in [0.15, 0.2) is 0 Å². The van der Waals surface area contributed by atoms with Gasteiger partial charge in [0.05, 0.1) is 0 Å². The second-order valence-corrected chi connectivity index (χ2v) is 5.47. The molecule has 0 atom stereocenters. The van der Waals surface area contributed by atoms with Crippen LogP contribution in [-0.2, 0) is 6.61 Å². The van der Waals surface area contributed by atoms with Crippen LogP contribution >= 0.6 is 31.9 Å². The van der Waals surface area contributed by atoms with E-state index in [4.69, 9.17) is 10.5 Å². The number of anilines is 1. The highest BCUT2D eigenvalue weighted by Crippen LogP contribution is 2.23. The molecule has 0 spiro atoms. The van der Waals surface area contributed by atoms with Crippen LogP contribution in [0.1, 0.15) is 5.56 Å². The normalized spacial score (nSPS) is 10.2. The number of hydrogen-bond acceptors (Lipinski definition) is 2. The van der Waals surface area contributed by atoms with Crippen LogP contribution in [0.25, 0.3) is 0 Å². The lowest BCUT2D eigenvalue weighted by molar-refractivity contribution is 0.306. The lowest BCUT2D eigenvalue weighted by Gasteiger charge is -2.07. The Bertz CT molecular complexity index is 491. The Balaban J connectivity index is 2.04. The Hall–Kier alpha value is -1.00. The van der Waals surface area contributed by atoms with E-state index >= 15 is 0 Å². The standard InChI is InChI=1S/C13H11Br2NO/c14-10-3-1-9(2-4-10)8-17-13-6-11(15)5-12(16)7-13/h1-7H,8,16H2. The molecule has 2 aromatic carbocycles. The van der Waals surface area contributed by atoms with Gasteiger partial charge in [0, 0.05) is 20.7 Å². The zero-order valence-electron chi connectivity index (χ0n) is 8.99. The summed E-state index contributed by atoms with van der Waals surface area (Å²) < 4.78 is 7.65. The van der Waals surface area contributed by atoms with Crippen molar-refractivity contribution >= 4 is 37.5 Å². The molecular formula is C13H11Br2NO. The Morgan fingerprint density at radius 2 is 1.65 bits per heavy atom. The molecule has 0 aliphatic carbocycles. The third-order valence-electron chi connectivity index (χ3n) is 2.21. The van der Waals surface area contributed by atoms with E-state index in [1.807, 2.05) is 42.5 Å². The average molecular weight is 357 g/mol. The fraction of sp³-hybridized carbons (Fsp3) is 0.0769. The maximum Gasteiger partial charge on any atom is 0.122 e. The lowest BCUT2D eigenvalue weighted by atomic mass is 10.2. The summed E-state index contributed by atoms with van der Waals surface area (Å²) in [6.45, 7) is 0.531. The quantitative estimate of drug-likeness (QED) is 0.828. The van der Waals surface area contributed by atoms with Crippen LogP contribution in [0.4, 0.5) is 5.69 Å². The summed E-state index contributed by atoms with van der Waals surface area (Å²) in [7, 11) is 0. The van der Waals surface area contributed by atoms with Gasteiger partial charge in [0.1, 0.15) is 12.4 Å². The van der Waals surface area contributed by atoms with Crippen LogP contribution in [0.5, 0.6) is 5.75 Å². The first kappa shape index (κ1) is 12.5. The molecule has 0 amide bonds. The van der Waals surface area contributed by atoms with E-state index in [0.29, 0.717) is 12.3 Å². The molecule has 0 aliphatic rings. The van der Waals surface area contributed by atoms with Crippen LogP contribution in [0, 0.1) is 0 Å². The molecule has 2 nitrogen and oxygen atoms in total. The summed E-state index contributed by atoms with van der Waals surface area (Å²) in [6.07, 6.45) is 0. The van der Waals surface area contributed by atoms with Crippen molar-refractivity contribution in [2.75, 3.05) is 5.73 Å². The smallest absolute Gasteiger partial charge is 0.122 e. The second kappa shape index (κ2) is 5.56. The highest BCUT2D eigenvalue weighted by Gasteiger charge is 1.99. The van der Waals surface area contributed by atoms with Gasteiger partial charge in [0.25, 0.3) is 0 Å². The summed E-state index contributed by atoms with van der Waals surface area (Å²) in [5.41, 5.74) is 7.53. The van der Waals surface area contributed by atoms with E-state index in [2.05, 4.69) is 31.9 Å². The van der Waals surface area contributed by atoms with Crippen LogP contribution < -0.4 is 10.5 Å².